The van der Waals surface area contributed by atoms with E-state index in [1.165, 1.54) is 11.3 Å². The van der Waals surface area contributed by atoms with Gasteiger partial charge in [-0.2, -0.15) is 0 Å². The van der Waals surface area contributed by atoms with Crippen LogP contribution in [-0.2, 0) is 0 Å². The number of nitrogens with one attached hydrogen (secondary N) is 2. The number of benzene rings is 2. The van der Waals surface area contributed by atoms with E-state index >= 15 is 0 Å². The lowest BCUT2D eigenvalue weighted by Gasteiger charge is -2.04. The van der Waals surface area contributed by atoms with Gasteiger partial charge in [-0.05, 0) is 24.6 Å². The maximum atomic E-state index is 12.4. The molecule has 0 bridgehead atoms. The van der Waals surface area contributed by atoms with Crippen LogP contribution >= 0.6 is 11.3 Å². The van der Waals surface area contributed by atoms with Gasteiger partial charge in [-0.15, -0.1) is 11.3 Å². The minimum atomic E-state index is -0.132. The maximum absolute atomic E-state index is 12.4. The second-order valence-electron chi connectivity index (χ2n) is 5.55. The van der Waals surface area contributed by atoms with Crippen LogP contribution in [0.5, 0.6) is 0 Å². The molecule has 2 aromatic carbocycles. The predicted molar refractivity (Wildman–Crippen MR) is 98.5 cm³/mol. The summed E-state index contributed by atoms with van der Waals surface area (Å²) in [6, 6.07) is 15.6. The number of hydrogen-bond donors (Lipinski definition) is 2. The summed E-state index contributed by atoms with van der Waals surface area (Å²) in [7, 11) is 0. The number of fused-ring (bicyclic) bond motifs is 1. The van der Waals surface area contributed by atoms with Crippen molar-refractivity contribution in [2.45, 2.75) is 6.92 Å². The molecule has 0 aliphatic heterocycles. The van der Waals surface area contributed by atoms with E-state index in [-0.39, 0.29) is 5.91 Å². The number of thiazole rings is 1. The molecule has 0 spiro atoms. The van der Waals surface area contributed by atoms with Gasteiger partial charge in [-0.1, -0.05) is 36.4 Å². The Labute approximate surface area is 143 Å². The van der Waals surface area contributed by atoms with Crippen LogP contribution in [-0.4, -0.2) is 15.9 Å². The van der Waals surface area contributed by atoms with Gasteiger partial charge in [0.1, 0.15) is 0 Å². The SMILES string of the molecule is Cc1ccccc1C(=O)Nc1nc(-c2c[nH]c3ccccc23)cs1. The summed E-state index contributed by atoms with van der Waals surface area (Å²) in [4.78, 5) is 20.2. The third-order valence-electron chi connectivity index (χ3n) is 3.98. The molecule has 1 amide bonds. The first kappa shape index (κ1) is 14.7. The number of para-hydroxylation sites is 1. The Bertz CT molecular complexity index is 1030. The van der Waals surface area contributed by atoms with Gasteiger partial charge in [0.2, 0.25) is 0 Å². The van der Waals surface area contributed by atoms with Crippen molar-refractivity contribution in [2.24, 2.45) is 0 Å². The number of aromatic amines is 1. The summed E-state index contributed by atoms with van der Waals surface area (Å²) < 4.78 is 0. The Kier molecular flexibility index (Phi) is 3.63. The third kappa shape index (κ3) is 2.59. The zero-order valence-corrected chi connectivity index (χ0v) is 13.9. The van der Waals surface area contributed by atoms with Crippen LogP contribution in [0.3, 0.4) is 0 Å². The average molecular weight is 333 g/mol. The molecule has 0 saturated heterocycles. The summed E-state index contributed by atoms with van der Waals surface area (Å²) in [6.45, 7) is 1.92. The molecule has 5 heteroatoms. The van der Waals surface area contributed by atoms with Crippen molar-refractivity contribution in [3.8, 4) is 11.3 Å². The molecule has 4 nitrogen and oxygen atoms in total. The van der Waals surface area contributed by atoms with E-state index in [1.807, 2.05) is 61.0 Å². The fraction of sp³-hybridized carbons (Fsp3) is 0.0526. The summed E-state index contributed by atoms with van der Waals surface area (Å²) in [5, 5.41) is 6.57. The molecule has 0 aliphatic carbocycles. The molecule has 0 aliphatic rings. The Hall–Kier alpha value is -2.92. The van der Waals surface area contributed by atoms with E-state index in [9.17, 15) is 4.79 Å². The van der Waals surface area contributed by atoms with E-state index in [4.69, 9.17) is 0 Å². The largest absolute Gasteiger partial charge is 0.360 e. The van der Waals surface area contributed by atoms with Crippen molar-refractivity contribution in [1.82, 2.24) is 9.97 Å². The van der Waals surface area contributed by atoms with Crippen LogP contribution in [0.4, 0.5) is 5.13 Å². The molecule has 0 unspecified atom stereocenters. The maximum Gasteiger partial charge on any atom is 0.257 e. The zero-order chi connectivity index (χ0) is 16.5. The van der Waals surface area contributed by atoms with Crippen molar-refractivity contribution < 1.29 is 4.79 Å². The first-order chi connectivity index (χ1) is 11.7. The van der Waals surface area contributed by atoms with Crippen molar-refractivity contribution in [3.63, 3.8) is 0 Å². The highest BCUT2D eigenvalue weighted by Gasteiger charge is 2.13. The van der Waals surface area contributed by atoms with Gasteiger partial charge in [0.05, 0.1) is 5.69 Å². The molecule has 0 atom stereocenters. The zero-order valence-electron chi connectivity index (χ0n) is 13.0. The number of aromatic nitrogens is 2. The standard InChI is InChI=1S/C19H15N3OS/c1-12-6-2-3-7-13(12)18(23)22-19-21-17(11-24-19)15-10-20-16-9-5-4-8-14(15)16/h2-11,20H,1H3,(H,21,22,23). The molecule has 4 aromatic rings. The van der Waals surface area contributed by atoms with Gasteiger partial charge in [-0.3, -0.25) is 10.1 Å². The molecule has 4 rings (SSSR count). The van der Waals surface area contributed by atoms with Crippen molar-refractivity contribution >= 4 is 33.3 Å². The molecule has 0 fully saturated rings. The molecular weight excluding hydrogens is 318 g/mol. The van der Waals surface area contributed by atoms with Gasteiger partial charge < -0.3 is 4.98 Å². The highest BCUT2D eigenvalue weighted by molar-refractivity contribution is 7.14. The molecular formula is C19H15N3OS. The van der Waals surface area contributed by atoms with E-state index in [1.54, 1.807) is 0 Å². The fourth-order valence-electron chi connectivity index (χ4n) is 2.73. The predicted octanol–water partition coefficient (Wildman–Crippen LogP) is 4.85. The molecule has 2 heterocycles. The minimum Gasteiger partial charge on any atom is -0.360 e. The van der Waals surface area contributed by atoms with Gasteiger partial charge in [0.25, 0.3) is 5.91 Å². The van der Waals surface area contributed by atoms with E-state index in [2.05, 4.69) is 21.4 Å². The fourth-order valence-corrected chi connectivity index (χ4v) is 3.44. The van der Waals surface area contributed by atoms with Crippen molar-refractivity contribution in [3.05, 3.63) is 71.2 Å². The second kappa shape index (κ2) is 5.94. The number of hydrogen-bond acceptors (Lipinski definition) is 3. The number of rotatable bonds is 3. The lowest BCUT2D eigenvalue weighted by atomic mass is 10.1. The summed E-state index contributed by atoms with van der Waals surface area (Å²) in [6.07, 6.45) is 1.95. The number of amides is 1. The molecule has 0 saturated carbocycles. The minimum absolute atomic E-state index is 0.132. The summed E-state index contributed by atoms with van der Waals surface area (Å²) in [5.74, 6) is -0.132. The molecule has 0 radical (unpaired) electrons. The van der Waals surface area contributed by atoms with E-state index in [0.717, 1.165) is 27.7 Å². The van der Waals surface area contributed by atoms with E-state index < -0.39 is 0 Å². The van der Waals surface area contributed by atoms with Gasteiger partial charge in [-0.25, -0.2) is 4.98 Å². The molecule has 118 valence electrons. The number of carbonyl (C=O) groups is 1. The number of nitrogens with zero attached hydrogens (tertiary/aromatic N) is 1. The summed E-state index contributed by atoms with van der Waals surface area (Å²) in [5.41, 5.74) is 4.59. The lowest BCUT2D eigenvalue weighted by Crippen LogP contribution is -2.12. The molecule has 2 N–H and O–H groups in total. The second-order valence-corrected chi connectivity index (χ2v) is 6.41. The number of anilines is 1. The number of H-pyrrole nitrogens is 1. The highest BCUT2D eigenvalue weighted by atomic mass is 32.1. The Balaban J connectivity index is 1.61. The lowest BCUT2D eigenvalue weighted by molar-refractivity contribution is 0.102. The molecule has 2 aromatic heterocycles. The van der Waals surface area contributed by atoms with Crippen LogP contribution in [0.2, 0.25) is 0 Å². The van der Waals surface area contributed by atoms with Crippen LogP contribution in [0, 0.1) is 6.92 Å². The van der Waals surface area contributed by atoms with Gasteiger partial charge in [0, 0.05) is 33.6 Å². The van der Waals surface area contributed by atoms with Crippen molar-refractivity contribution in [2.75, 3.05) is 5.32 Å². The molecule has 24 heavy (non-hydrogen) atoms. The highest BCUT2D eigenvalue weighted by Crippen LogP contribution is 2.31. The Morgan fingerprint density at radius 3 is 2.79 bits per heavy atom. The monoisotopic (exact) mass is 333 g/mol. The quantitative estimate of drug-likeness (QED) is 0.563. The first-order valence-electron chi connectivity index (χ1n) is 7.61. The number of carbonyl (C=O) groups excluding carboxylic acids is 1. The summed E-state index contributed by atoms with van der Waals surface area (Å²) >= 11 is 1.43. The van der Waals surface area contributed by atoms with Crippen LogP contribution < -0.4 is 5.32 Å². The first-order valence-corrected chi connectivity index (χ1v) is 8.49. The topological polar surface area (TPSA) is 57.8 Å². The van der Waals surface area contributed by atoms with E-state index in [0.29, 0.717) is 10.7 Å². The number of aryl methyl sites for hydroxylation is 1. The smallest absolute Gasteiger partial charge is 0.257 e. The third-order valence-corrected chi connectivity index (χ3v) is 4.74. The van der Waals surface area contributed by atoms with Crippen LogP contribution in [0.25, 0.3) is 22.2 Å². The van der Waals surface area contributed by atoms with Crippen molar-refractivity contribution in [1.29, 1.82) is 0 Å². The Morgan fingerprint density at radius 2 is 1.92 bits per heavy atom. The van der Waals surface area contributed by atoms with Crippen LogP contribution in [0.1, 0.15) is 15.9 Å². The average Bonchev–Trinajstić information content (AvgIpc) is 3.21. The Morgan fingerprint density at radius 1 is 1.12 bits per heavy atom. The van der Waals surface area contributed by atoms with Gasteiger partial charge >= 0.3 is 0 Å². The van der Waals surface area contributed by atoms with Crippen LogP contribution in [0.15, 0.2) is 60.1 Å². The normalized spacial score (nSPS) is 10.9. The van der Waals surface area contributed by atoms with Gasteiger partial charge in [0.15, 0.2) is 5.13 Å².